The van der Waals surface area contributed by atoms with E-state index < -0.39 is 5.97 Å². The van der Waals surface area contributed by atoms with Crippen molar-refractivity contribution >= 4 is 17.3 Å². The molecule has 2 rings (SSSR count). The first-order valence-corrected chi connectivity index (χ1v) is 6.42. The van der Waals surface area contributed by atoms with Gasteiger partial charge in [-0.3, -0.25) is 4.98 Å². The molecule has 0 bridgehead atoms. The molecule has 20 heavy (non-hydrogen) atoms. The summed E-state index contributed by atoms with van der Waals surface area (Å²) in [4.78, 5) is 15.4. The molecule has 1 aromatic heterocycles. The summed E-state index contributed by atoms with van der Waals surface area (Å²) in [7, 11) is 0. The van der Waals surface area contributed by atoms with Gasteiger partial charge < -0.3 is 16.2 Å². The summed E-state index contributed by atoms with van der Waals surface area (Å²) in [6.45, 7) is 2.58. The molecule has 0 aliphatic rings. The Hall–Kier alpha value is -2.56. The molecule has 104 valence electrons. The fourth-order valence-electron chi connectivity index (χ4n) is 2.04. The third kappa shape index (κ3) is 2.88. The first-order chi connectivity index (χ1) is 9.63. The van der Waals surface area contributed by atoms with Gasteiger partial charge in [-0.15, -0.1) is 0 Å². The maximum absolute atomic E-state index is 11.0. The van der Waals surface area contributed by atoms with E-state index in [9.17, 15) is 4.79 Å². The highest BCUT2D eigenvalue weighted by atomic mass is 16.4. The number of nitrogens with two attached hydrogens (primary N) is 1. The van der Waals surface area contributed by atoms with Crippen molar-refractivity contribution in [2.24, 2.45) is 0 Å². The molecule has 0 fully saturated rings. The van der Waals surface area contributed by atoms with Crippen molar-refractivity contribution < 1.29 is 9.90 Å². The lowest BCUT2D eigenvalue weighted by Gasteiger charge is -2.12. The van der Waals surface area contributed by atoms with Gasteiger partial charge in [-0.2, -0.15) is 0 Å². The smallest absolute Gasteiger partial charge is 0.337 e. The number of carbonyl (C=O) groups is 1. The lowest BCUT2D eigenvalue weighted by Crippen LogP contribution is -2.09. The molecule has 0 atom stereocenters. The average Bonchev–Trinajstić information content (AvgIpc) is 2.46. The van der Waals surface area contributed by atoms with E-state index in [1.807, 2.05) is 12.1 Å². The van der Waals surface area contributed by atoms with Gasteiger partial charge in [0.2, 0.25) is 0 Å². The van der Waals surface area contributed by atoms with Crippen LogP contribution in [0.3, 0.4) is 0 Å². The Labute approximate surface area is 117 Å². The van der Waals surface area contributed by atoms with E-state index >= 15 is 0 Å². The summed E-state index contributed by atoms with van der Waals surface area (Å²) in [5, 5.41) is 12.2. The number of hydrogen-bond donors (Lipinski definition) is 3. The zero-order chi connectivity index (χ0) is 14.5. The first kappa shape index (κ1) is 13.9. The number of aromatic nitrogens is 1. The Morgan fingerprint density at radius 2 is 2.15 bits per heavy atom. The predicted molar refractivity (Wildman–Crippen MR) is 78.8 cm³/mol. The number of benzene rings is 1. The normalized spacial score (nSPS) is 10.2. The third-order valence-electron chi connectivity index (χ3n) is 3.15. The topological polar surface area (TPSA) is 88.2 Å². The zero-order valence-electron chi connectivity index (χ0n) is 11.3. The molecule has 0 unspecified atom stereocenters. The average molecular weight is 271 g/mol. The number of carboxylic acids is 1. The van der Waals surface area contributed by atoms with Crippen LogP contribution in [0.15, 0.2) is 36.5 Å². The van der Waals surface area contributed by atoms with Crippen LogP contribution < -0.4 is 11.1 Å². The second-order valence-corrected chi connectivity index (χ2v) is 4.39. The minimum Gasteiger partial charge on any atom is -0.478 e. The van der Waals surface area contributed by atoms with Crippen molar-refractivity contribution in [1.82, 2.24) is 4.98 Å². The summed E-state index contributed by atoms with van der Waals surface area (Å²) in [6, 6.07) is 8.85. The predicted octanol–water partition coefficient (Wildman–Crippen LogP) is 2.54. The highest BCUT2D eigenvalue weighted by Gasteiger charge is 2.11. The molecule has 0 amide bonds. The molecule has 5 nitrogen and oxygen atoms in total. The quantitative estimate of drug-likeness (QED) is 0.727. The van der Waals surface area contributed by atoms with Gasteiger partial charge in [0.05, 0.1) is 29.2 Å². The zero-order valence-corrected chi connectivity index (χ0v) is 11.3. The minimum atomic E-state index is -1.03. The van der Waals surface area contributed by atoms with Crippen LogP contribution in [0.5, 0.6) is 0 Å². The first-order valence-electron chi connectivity index (χ1n) is 6.42. The number of hydrogen-bond acceptors (Lipinski definition) is 4. The van der Waals surface area contributed by atoms with E-state index in [0.29, 0.717) is 12.2 Å². The molecule has 1 aromatic carbocycles. The van der Waals surface area contributed by atoms with Crippen molar-refractivity contribution in [3.63, 3.8) is 0 Å². The number of aryl methyl sites for hydroxylation is 1. The van der Waals surface area contributed by atoms with Gasteiger partial charge in [0.25, 0.3) is 0 Å². The van der Waals surface area contributed by atoms with Gasteiger partial charge in [-0.25, -0.2) is 4.79 Å². The van der Waals surface area contributed by atoms with E-state index in [2.05, 4.69) is 17.2 Å². The minimum absolute atomic E-state index is 0.103. The van der Waals surface area contributed by atoms with Crippen LogP contribution >= 0.6 is 0 Å². The highest BCUT2D eigenvalue weighted by molar-refractivity contribution is 5.97. The van der Waals surface area contributed by atoms with Crippen molar-refractivity contribution in [3.8, 4) is 0 Å². The van der Waals surface area contributed by atoms with Gasteiger partial charge in [0.15, 0.2) is 0 Å². The van der Waals surface area contributed by atoms with Crippen molar-refractivity contribution in [2.75, 3.05) is 11.1 Å². The molecule has 1 heterocycles. The molecule has 0 aliphatic carbocycles. The summed E-state index contributed by atoms with van der Waals surface area (Å²) in [5.41, 5.74) is 8.91. The second-order valence-electron chi connectivity index (χ2n) is 4.39. The van der Waals surface area contributed by atoms with Crippen molar-refractivity contribution in [1.29, 1.82) is 0 Å². The molecule has 4 N–H and O–H groups in total. The fraction of sp³-hybridized carbons (Fsp3) is 0.200. The lowest BCUT2D eigenvalue weighted by molar-refractivity contribution is 0.0698. The Morgan fingerprint density at radius 1 is 1.35 bits per heavy atom. The number of para-hydroxylation sites is 1. The molecule has 0 aliphatic heterocycles. The van der Waals surface area contributed by atoms with Crippen LogP contribution in [0, 0.1) is 0 Å². The number of anilines is 2. The standard InChI is InChI=1S/C15H17N3O2/c1-2-10-5-4-8-17-13(10)9-18-12-7-3-6-11(14(12)16)15(19)20/h3-8,18H,2,9,16H2,1H3,(H,19,20). The largest absolute Gasteiger partial charge is 0.478 e. The SMILES string of the molecule is CCc1cccnc1CNc1cccc(C(=O)O)c1N. The molecular weight excluding hydrogens is 254 g/mol. The highest BCUT2D eigenvalue weighted by Crippen LogP contribution is 2.23. The second kappa shape index (κ2) is 6.06. The number of carboxylic acid groups (broad SMARTS) is 1. The van der Waals surface area contributed by atoms with Crippen LogP contribution in [0.2, 0.25) is 0 Å². The molecule has 0 radical (unpaired) electrons. The molecule has 0 saturated heterocycles. The maximum atomic E-state index is 11.0. The van der Waals surface area contributed by atoms with E-state index in [0.717, 1.165) is 17.7 Å². The van der Waals surface area contributed by atoms with E-state index in [4.69, 9.17) is 10.8 Å². The Balaban J connectivity index is 2.19. The number of nitrogen functional groups attached to an aromatic ring is 1. The van der Waals surface area contributed by atoms with Crippen molar-refractivity contribution in [3.05, 3.63) is 53.3 Å². The van der Waals surface area contributed by atoms with Gasteiger partial charge in [0.1, 0.15) is 0 Å². The van der Waals surface area contributed by atoms with Crippen LogP contribution in [0.25, 0.3) is 0 Å². The molecule has 0 saturated carbocycles. The van der Waals surface area contributed by atoms with Gasteiger partial charge in [-0.1, -0.05) is 19.1 Å². The third-order valence-corrected chi connectivity index (χ3v) is 3.15. The van der Waals surface area contributed by atoms with Crippen LogP contribution in [-0.4, -0.2) is 16.1 Å². The van der Waals surface area contributed by atoms with E-state index in [1.54, 1.807) is 18.3 Å². The summed E-state index contributed by atoms with van der Waals surface area (Å²) in [6.07, 6.45) is 2.64. The molecule has 2 aromatic rings. The van der Waals surface area contributed by atoms with E-state index in [1.165, 1.54) is 6.07 Å². The number of pyridine rings is 1. The van der Waals surface area contributed by atoms with Gasteiger partial charge in [-0.05, 0) is 30.2 Å². The Morgan fingerprint density at radius 3 is 2.85 bits per heavy atom. The Kier molecular flexibility index (Phi) is 4.20. The number of aromatic carboxylic acids is 1. The monoisotopic (exact) mass is 271 g/mol. The van der Waals surface area contributed by atoms with Gasteiger partial charge in [0, 0.05) is 6.20 Å². The summed E-state index contributed by atoms with van der Waals surface area (Å²) >= 11 is 0. The summed E-state index contributed by atoms with van der Waals surface area (Å²) in [5.74, 6) is -1.03. The number of nitrogens with one attached hydrogen (secondary N) is 1. The van der Waals surface area contributed by atoms with Crippen LogP contribution in [-0.2, 0) is 13.0 Å². The Bertz CT molecular complexity index is 626. The number of nitrogens with zero attached hydrogens (tertiary/aromatic N) is 1. The van der Waals surface area contributed by atoms with Crippen LogP contribution in [0.4, 0.5) is 11.4 Å². The van der Waals surface area contributed by atoms with E-state index in [-0.39, 0.29) is 11.3 Å². The van der Waals surface area contributed by atoms with Crippen LogP contribution in [0.1, 0.15) is 28.5 Å². The van der Waals surface area contributed by atoms with Crippen molar-refractivity contribution in [2.45, 2.75) is 19.9 Å². The van der Waals surface area contributed by atoms with Gasteiger partial charge >= 0.3 is 5.97 Å². The number of rotatable bonds is 5. The maximum Gasteiger partial charge on any atom is 0.337 e. The molecule has 5 heteroatoms. The summed E-state index contributed by atoms with van der Waals surface area (Å²) < 4.78 is 0. The fourth-order valence-corrected chi connectivity index (χ4v) is 2.04. The lowest BCUT2D eigenvalue weighted by atomic mass is 10.1. The molecular formula is C15H17N3O2. The molecule has 0 spiro atoms.